The highest BCUT2D eigenvalue weighted by atomic mass is 16.6. The molecule has 126 valence electrons. The number of nitrogens with zero attached hydrogens (tertiary/aromatic N) is 2. The summed E-state index contributed by atoms with van der Waals surface area (Å²) in [5, 5.41) is 0. The van der Waals surface area contributed by atoms with Crippen LogP contribution in [0.4, 0.5) is 4.79 Å². The largest absolute Gasteiger partial charge is 0.444 e. The van der Waals surface area contributed by atoms with Crippen LogP contribution < -0.4 is 0 Å². The molecule has 0 aromatic heterocycles. The molecule has 2 atom stereocenters. The highest BCUT2D eigenvalue weighted by Gasteiger charge is 2.44. The Morgan fingerprint density at radius 2 is 1.73 bits per heavy atom. The lowest BCUT2D eigenvalue weighted by Crippen LogP contribution is -2.50. The van der Waals surface area contributed by atoms with E-state index in [0.29, 0.717) is 18.0 Å². The first-order chi connectivity index (χ1) is 10.4. The van der Waals surface area contributed by atoms with Crippen LogP contribution in [0.5, 0.6) is 0 Å². The quantitative estimate of drug-likeness (QED) is 0.786. The zero-order chi connectivity index (χ0) is 15.7. The molecular weight excluding hydrogens is 280 g/mol. The second kappa shape index (κ2) is 6.36. The van der Waals surface area contributed by atoms with Gasteiger partial charge in [0.05, 0.1) is 13.2 Å². The molecule has 0 aromatic rings. The standard InChI is InChI=1S/C17H30N2O3/c1-17(2,3)22-16(20)19-14-4-5-15(19)11-13(10-14)12-18-6-8-21-9-7-18/h13-15H,4-12H2,1-3H3. The maximum Gasteiger partial charge on any atom is 0.410 e. The van der Waals surface area contributed by atoms with Gasteiger partial charge in [-0.3, -0.25) is 4.90 Å². The third-order valence-electron chi connectivity index (χ3n) is 5.06. The molecule has 3 saturated heterocycles. The monoisotopic (exact) mass is 310 g/mol. The molecule has 0 N–H and O–H groups in total. The molecule has 3 aliphatic heterocycles. The van der Waals surface area contributed by atoms with Crippen molar-refractivity contribution in [3.63, 3.8) is 0 Å². The smallest absolute Gasteiger partial charge is 0.410 e. The topological polar surface area (TPSA) is 42.0 Å². The van der Waals surface area contributed by atoms with Crippen molar-refractivity contribution in [2.24, 2.45) is 5.92 Å². The summed E-state index contributed by atoms with van der Waals surface area (Å²) in [6.45, 7) is 10.8. The Labute approximate surface area is 133 Å². The number of morpholine rings is 1. The molecule has 3 aliphatic rings. The average Bonchev–Trinajstić information content (AvgIpc) is 2.70. The number of amides is 1. The van der Waals surface area contributed by atoms with Crippen molar-refractivity contribution in [2.45, 2.75) is 64.1 Å². The van der Waals surface area contributed by atoms with Crippen LogP contribution in [0.15, 0.2) is 0 Å². The Morgan fingerprint density at radius 1 is 1.14 bits per heavy atom. The first-order valence-corrected chi connectivity index (χ1v) is 8.74. The summed E-state index contributed by atoms with van der Waals surface area (Å²) in [4.78, 5) is 17.0. The summed E-state index contributed by atoms with van der Waals surface area (Å²) in [5.74, 6) is 0.717. The van der Waals surface area contributed by atoms with Crippen LogP contribution in [0, 0.1) is 5.92 Å². The van der Waals surface area contributed by atoms with Gasteiger partial charge in [-0.2, -0.15) is 0 Å². The van der Waals surface area contributed by atoms with Crippen LogP contribution >= 0.6 is 0 Å². The minimum atomic E-state index is -0.402. The second-order valence-corrected chi connectivity index (χ2v) is 8.02. The van der Waals surface area contributed by atoms with Gasteiger partial charge in [0.25, 0.3) is 0 Å². The molecule has 3 rings (SSSR count). The molecular formula is C17H30N2O3. The molecule has 0 aliphatic carbocycles. The molecule has 5 nitrogen and oxygen atoms in total. The van der Waals surface area contributed by atoms with Crippen LogP contribution in [-0.2, 0) is 9.47 Å². The van der Waals surface area contributed by atoms with Gasteiger partial charge in [-0.15, -0.1) is 0 Å². The molecule has 0 radical (unpaired) electrons. The van der Waals surface area contributed by atoms with Gasteiger partial charge in [0.1, 0.15) is 5.60 Å². The van der Waals surface area contributed by atoms with Gasteiger partial charge in [-0.1, -0.05) is 0 Å². The number of carbonyl (C=O) groups is 1. The van der Waals surface area contributed by atoms with Gasteiger partial charge in [0.2, 0.25) is 0 Å². The van der Waals surface area contributed by atoms with Gasteiger partial charge in [0, 0.05) is 31.7 Å². The second-order valence-electron chi connectivity index (χ2n) is 8.02. The fourth-order valence-electron chi connectivity index (χ4n) is 4.20. The number of rotatable bonds is 2. The number of hydrogen-bond acceptors (Lipinski definition) is 4. The van der Waals surface area contributed by atoms with E-state index in [9.17, 15) is 4.79 Å². The lowest BCUT2D eigenvalue weighted by molar-refractivity contribution is -0.00659. The predicted octanol–water partition coefficient (Wildman–Crippen LogP) is 2.50. The van der Waals surface area contributed by atoms with Gasteiger partial charge in [-0.05, 0) is 52.4 Å². The van der Waals surface area contributed by atoms with Crippen molar-refractivity contribution in [1.82, 2.24) is 9.80 Å². The zero-order valence-corrected chi connectivity index (χ0v) is 14.2. The Hall–Kier alpha value is -0.810. The molecule has 2 unspecified atom stereocenters. The van der Waals surface area contributed by atoms with E-state index in [4.69, 9.17) is 9.47 Å². The summed E-state index contributed by atoms with van der Waals surface area (Å²) >= 11 is 0. The highest BCUT2D eigenvalue weighted by molar-refractivity contribution is 5.69. The van der Waals surface area contributed by atoms with Gasteiger partial charge in [0.15, 0.2) is 0 Å². The summed E-state index contributed by atoms with van der Waals surface area (Å²) < 4.78 is 11.0. The Balaban J connectivity index is 1.55. The fraction of sp³-hybridized carbons (Fsp3) is 0.941. The van der Waals surface area contributed by atoms with E-state index >= 15 is 0 Å². The summed E-state index contributed by atoms with van der Waals surface area (Å²) in [6.07, 6.45) is 4.44. The van der Waals surface area contributed by atoms with E-state index in [0.717, 1.165) is 52.0 Å². The average molecular weight is 310 g/mol. The minimum Gasteiger partial charge on any atom is -0.444 e. The molecule has 0 aromatic carbocycles. The van der Waals surface area contributed by atoms with Crippen LogP contribution in [0.2, 0.25) is 0 Å². The molecule has 1 amide bonds. The summed E-state index contributed by atoms with van der Waals surface area (Å²) in [5.41, 5.74) is -0.402. The predicted molar refractivity (Wildman–Crippen MR) is 84.9 cm³/mol. The first-order valence-electron chi connectivity index (χ1n) is 8.74. The van der Waals surface area contributed by atoms with Crippen LogP contribution in [0.3, 0.4) is 0 Å². The van der Waals surface area contributed by atoms with Gasteiger partial charge >= 0.3 is 6.09 Å². The zero-order valence-electron chi connectivity index (χ0n) is 14.2. The van der Waals surface area contributed by atoms with Crippen molar-refractivity contribution in [3.05, 3.63) is 0 Å². The molecule has 3 fully saturated rings. The molecule has 3 heterocycles. The van der Waals surface area contributed by atoms with Crippen LogP contribution in [0.25, 0.3) is 0 Å². The van der Waals surface area contributed by atoms with Crippen molar-refractivity contribution >= 4 is 6.09 Å². The first kappa shape index (κ1) is 16.1. The Bertz CT molecular complexity index is 387. The van der Waals surface area contributed by atoms with E-state index in [1.165, 1.54) is 6.54 Å². The third-order valence-corrected chi connectivity index (χ3v) is 5.06. The molecule has 0 spiro atoms. The Kier molecular flexibility index (Phi) is 4.64. The Morgan fingerprint density at radius 3 is 2.27 bits per heavy atom. The lowest BCUT2D eigenvalue weighted by Gasteiger charge is -2.41. The van der Waals surface area contributed by atoms with Crippen LogP contribution in [0.1, 0.15) is 46.5 Å². The van der Waals surface area contributed by atoms with Crippen molar-refractivity contribution in [1.29, 1.82) is 0 Å². The maximum absolute atomic E-state index is 12.4. The highest BCUT2D eigenvalue weighted by Crippen LogP contribution is 2.39. The summed E-state index contributed by atoms with van der Waals surface area (Å²) in [7, 11) is 0. The van der Waals surface area contributed by atoms with E-state index in [1.807, 2.05) is 25.7 Å². The summed E-state index contributed by atoms with van der Waals surface area (Å²) in [6, 6.07) is 0.777. The van der Waals surface area contributed by atoms with Gasteiger partial charge < -0.3 is 14.4 Å². The fourth-order valence-corrected chi connectivity index (χ4v) is 4.20. The SMILES string of the molecule is CC(C)(C)OC(=O)N1C2CCC1CC(CN1CCOCC1)C2. The normalized spacial score (nSPS) is 33.0. The number of fused-ring (bicyclic) bond motifs is 2. The van der Waals surface area contributed by atoms with Crippen molar-refractivity contribution in [3.8, 4) is 0 Å². The molecule has 22 heavy (non-hydrogen) atoms. The van der Waals surface area contributed by atoms with E-state index in [2.05, 4.69) is 4.90 Å². The molecule has 0 saturated carbocycles. The maximum atomic E-state index is 12.4. The minimum absolute atomic E-state index is 0.107. The number of piperidine rings is 1. The third kappa shape index (κ3) is 3.74. The van der Waals surface area contributed by atoms with Crippen molar-refractivity contribution in [2.75, 3.05) is 32.8 Å². The number of ether oxygens (including phenoxy) is 2. The van der Waals surface area contributed by atoms with E-state index in [1.54, 1.807) is 0 Å². The van der Waals surface area contributed by atoms with Gasteiger partial charge in [-0.25, -0.2) is 4.79 Å². The lowest BCUT2D eigenvalue weighted by atomic mass is 9.90. The molecule has 5 heteroatoms. The number of hydrogen-bond donors (Lipinski definition) is 0. The van der Waals surface area contributed by atoms with E-state index in [-0.39, 0.29) is 6.09 Å². The molecule has 2 bridgehead atoms. The van der Waals surface area contributed by atoms with E-state index < -0.39 is 5.60 Å². The van der Waals surface area contributed by atoms with Crippen LogP contribution in [-0.4, -0.2) is 66.4 Å². The number of carbonyl (C=O) groups excluding carboxylic acids is 1. The van der Waals surface area contributed by atoms with Crippen molar-refractivity contribution < 1.29 is 14.3 Å².